The molecule has 3 aliphatic carbocycles. The summed E-state index contributed by atoms with van der Waals surface area (Å²) in [5.74, 6) is -2.36. The van der Waals surface area contributed by atoms with E-state index in [0.29, 0.717) is 44.2 Å². The third-order valence-corrected chi connectivity index (χ3v) is 11.2. The minimum Gasteiger partial charge on any atom is -0.506 e. The second-order valence-electron chi connectivity index (χ2n) is 14.2. The van der Waals surface area contributed by atoms with Crippen LogP contribution in [0.15, 0.2) is 72.3 Å². The van der Waals surface area contributed by atoms with Gasteiger partial charge >= 0.3 is 0 Å². The van der Waals surface area contributed by atoms with Gasteiger partial charge < -0.3 is 20.2 Å². The number of carbonyl (C=O) groups excluding carboxylic acids is 1. The van der Waals surface area contributed by atoms with Crippen molar-refractivity contribution in [2.24, 2.45) is 5.41 Å². The molecule has 3 aromatic rings. The quantitative estimate of drug-likeness (QED) is 0.210. The summed E-state index contributed by atoms with van der Waals surface area (Å²) in [7, 11) is 0. The number of fused-ring (bicyclic) bond motifs is 8. The van der Waals surface area contributed by atoms with Gasteiger partial charge in [-0.15, -0.1) is 0 Å². The van der Waals surface area contributed by atoms with Gasteiger partial charge in [0.05, 0.1) is 17.4 Å². The van der Waals surface area contributed by atoms with Gasteiger partial charge in [0.15, 0.2) is 17.4 Å². The average Bonchev–Trinajstić information content (AvgIpc) is 3.30. The minimum atomic E-state index is -1.07. The first-order valence-electron chi connectivity index (χ1n) is 16.9. The zero-order valence-corrected chi connectivity index (χ0v) is 27.4. The Morgan fingerprint density at radius 2 is 1.72 bits per heavy atom. The van der Waals surface area contributed by atoms with Crippen LogP contribution in [-0.2, 0) is 6.42 Å². The predicted molar refractivity (Wildman–Crippen MR) is 180 cm³/mol. The van der Waals surface area contributed by atoms with Crippen LogP contribution in [0, 0.1) is 17.0 Å². The van der Waals surface area contributed by atoms with E-state index in [1.807, 2.05) is 36.4 Å². The maximum Gasteiger partial charge on any atom is 0.193 e. The highest BCUT2D eigenvalue weighted by Gasteiger charge is 2.57. The maximum atomic E-state index is 14.3. The van der Waals surface area contributed by atoms with E-state index in [9.17, 15) is 28.9 Å². The fraction of sp³-hybridized carbons (Fsp3) is 0.462. The van der Waals surface area contributed by atoms with E-state index < -0.39 is 34.5 Å². The molecule has 1 saturated carbocycles. The van der Waals surface area contributed by atoms with Crippen molar-refractivity contribution in [3.63, 3.8) is 0 Å². The molecule has 0 spiro atoms. The number of nitrogens with zero attached hydrogens (tertiary/aromatic N) is 2. The van der Waals surface area contributed by atoms with Crippen LogP contribution in [0.25, 0.3) is 0 Å². The number of benzene rings is 3. The van der Waals surface area contributed by atoms with Crippen LogP contribution in [0.5, 0.6) is 5.75 Å². The number of hydrogen-bond acceptors (Lipinski definition) is 6. The SMILES string of the molecule is CC1=CCCC2(C)C(CCC2(O)CN2CCN(c3ccccc3O)CC2)c2ccc(cc2C(=O)c2ccc(F)c(F)c2)CC(O)CC1. The van der Waals surface area contributed by atoms with Crippen molar-refractivity contribution in [3.05, 3.63) is 106 Å². The number of piperazine rings is 1. The van der Waals surface area contributed by atoms with Gasteiger partial charge in [0.2, 0.25) is 0 Å². The molecule has 1 heterocycles. The summed E-state index contributed by atoms with van der Waals surface area (Å²) >= 11 is 0. The van der Waals surface area contributed by atoms with Gasteiger partial charge in [-0.2, -0.15) is 0 Å². The lowest BCUT2D eigenvalue weighted by molar-refractivity contribution is -0.0841. The number of para-hydroxylation sites is 2. The molecule has 0 amide bonds. The standard InChI is InChI=1S/C39H46F2N2O4/c1-26-6-5-16-38(2)32(15-17-39(38,47)25-42-18-20-43(21-19-42)35-7-3-4-8-36(35)45)30-13-10-27(22-29(44)12-9-26)23-31(30)37(46)28-11-14-33(40)34(41)24-28/h3-4,6-8,10-11,13-14,23-24,29,32,44-45,47H,5,9,12,15-22,25H2,1-2H3. The molecular weight excluding hydrogens is 598 g/mol. The van der Waals surface area contributed by atoms with Gasteiger partial charge in [-0.05, 0) is 105 Å². The molecule has 4 unspecified atom stereocenters. The fourth-order valence-electron chi connectivity index (χ4n) is 8.24. The average molecular weight is 645 g/mol. The molecule has 0 radical (unpaired) electrons. The molecule has 7 rings (SSSR count). The molecule has 1 saturated heterocycles. The first-order chi connectivity index (χ1) is 22.5. The first kappa shape index (κ1) is 33.3. The number of aliphatic hydroxyl groups is 2. The number of aromatic hydroxyl groups is 1. The number of hydrogen-bond donors (Lipinski definition) is 3. The van der Waals surface area contributed by atoms with E-state index in [1.54, 1.807) is 6.07 Å². The van der Waals surface area contributed by atoms with Crippen molar-refractivity contribution in [1.82, 2.24) is 4.90 Å². The Hall–Kier alpha value is -3.59. The van der Waals surface area contributed by atoms with Gasteiger partial charge in [0, 0.05) is 49.3 Å². The maximum absolute atomic E-state index is 14.3. The van der Waals surface area contributed by atoms with Gasteiger partial charge in [-0.25, -0.2) is 8.78 Å². The van der Waals surface area contributed by atoms with Crippen LogP contribution in [-0.4, -0.2) is 70.4 Å². The van der Waals surface area contributed by atoms with Crippen LogP contribution in [0.2, 0.25) is 0 Å². The summed E-state index contributed by atoms with van der Waals surface area (Å²) in [5, 5.41) is 33.9. The number of allylic oxidation sites excluding steroid dienone is 2. The number of phenolic OH excluding ortho intramolecular Hbond substituents is 1. The third-order valence-electron chi connectivity index (χ3n) is 11.2. The topological polar surface area (TPSA) is 84.2 Å². The van der Waals surface area contributed by atoms with E-state index >= 15 is 0 Å². The summed E-state index contributed by atoms with van der Waals surface area (Å²) in [5.41, 5.74) is 2.51. The second-order valence-corrected chi connectivity index (χ2v) is 14.2. The highest BCUT2D eigenvalue weighted by Crippen LogP contribution is 2.59. The highest BCUT2D eigenvalue weighted by atomic mass is 19.2. The molecule has 250 valence electrons. The summed E-state index contributed by atoms with van der Waals surface area (Å²) in [6.07, 6.45) is 6.06. The minimum absolute atomic E-state index is 0.0693. The van der Waals surface area contributed by atoms with Crippen molar-refractivity contribution < 1.29 is 28.9 Å². The Labute approximate surface area is 276 Å². The Morgan fingerprint density at radius 1 is 0.957 bits per heavy atom. The lowest BCUT2D eigenvalue weighted by Gasteiger charge is -2.47. The lowest BCUT2D eigenvalue weighted by atomic mass is 9.64. The predicted octanol–water partition coefficient (Wildman–Crippen LogP) is 6.76. The number of rotatable bonds is 5. The summed E-state index contributed by atoms with van der Waals surface area (Å²) in [4.78, 5) is 18.6. The van der Waals surface area contributed by atoms with Crippen molar-refractivity contribution >= 4 is 11.5 Å². The van der Waals surface area contributed by atoms with Crippen LogP contribution >= 0.6 is 0 Å². The third kappa shape index (κ3) is 6.73. The number of carbonyl (C=O) groups is 1. The van der Waals surface area contributed by atoms with E-state index in [4.69, 9.17) is 0 Å². The van der Waals surface area contributed by atoms with Gasteiger partial charge in [-0.1, -0.05) is 42.8 Å². The number of phenols is 1. The van der Waals surface area contributed by atoms with Crippen molar-refractivity contribution in [1.29, 1.82) is 0 Å². The molecule has 2 fully saturated rings. The Bertz CT molecular complexity index is 1650. The second kappa shape index (κ2) is 13.5. The Kier molecular flexibility index (Phi) is 9.57. The van der Waals surface area contributed by atoms with Crippen molar-refractivity contribution in [2.75, 3.05) is 37.6 Å². The molecule has 3 aromatic carbocycles. The first-order valence-corrected chi connectivity index (χ1v) is 16.9. The molecule has 4 atom stereocenters. The summed E-state index contributed by atoms with van der Waals surface area (Å²) in [6.45, 7) is 7.69. The van der Waals surface area contributed by atoms with Crippen LogP contribution in [0.3, 0.4) is 0 Å². The summed E-state index contributed by atoms with van der Waals surface area (Å²) < 4.78 is 28.1. The van der Waals surface area contributed by atoms with Crippen molar-refractivity contribution in [3.8, 4) is 5.75 Å². The zero-order valence-electron chi connectivity index (χ0n) is 27.4. The molecular formula is C39H46F2N2O4. The van der Waals surface area contributed by atoms with E-state index in [-0.39, 0.29) is 17.2 Å². The lowest BCUT2D eigenvalue weighted by Crippen LogP contribution is -2.56. The molecule has 0 aromatic heterocycles. The molecule has 47 heavy (non-hydrogen) atoms. The number of ketones is 1. The molecule has 4 aliphatic rings. The molecule has 6 nitrogen and oxygen atoms in total. The normalized spacial score (nSPS) is 27.3. The van der Waals surface area contributed by atoms with Crippen LogP contribution in [0.1, 0.15) is 85.3 Å². The Morgan fingerprint density at radius 3 is 2.47 bits per heavy atom. The Balaban J connectivity index is 1.34. The number of anilines is 1. The van der Waals surface area contributed by atoms with Crippen molar-refractivity contribution in [2.45, 2.75) is 76.4 Å². The van der Waals surface area contributed by atoms with Gasteiger partial charge in [0.1, 0.15) is 5.75 Å². The van der Waals surface area contributed by atoms with E-state index in [2.05, 4.69) is 29.7 Å². The summed E-state index contributed by atoms with van der Waals surface area (Å²) in [6, 6.07) is 16.4. The number of aliphatic hydroxyl groups excluding tert-OH is 1. The molecule has 3 N–H and O–H groups in total. The van der Waals surface area contributed by atoms with Crippen LogP contribution in [0.4, 0.5) is 14.5 Å². The highest BCUT2D eigenvalue weighted by molar-refractivity contribution is 6.10. The zero-order chi connectivity index (χ0) is 33.3. The monoisotopic (exact) mass is 644 g/mol. The fourth-order valence-corrected chi connectivity index (χ4v) is 8.24. The van der Waals surface area contributed by atoms with Gasteiger partial charge in [0.25, 0.3) is 0 Å². The van der Waals surface area contributed by atoms with E-state index in [1.165, 1.54) is 11.6 Å². The number of β-amino-alcohol motifs (C(OH)–C–C–N with tert-alkyl or cyclic N) is 1. The molecule has 2 bridgehead atoms. The van der Waals surface area contributed by atoms with Crippen LogP contribution < -0.4 is 4.90 Å². The van der Waals surface area contributed by atoms with Gasteiger partial charge in [-0.3, -0.25) is 9.69 Å². The number of halogens is 2. The van der Waals surface area contributed by atoms with E-state index in [0.717, 1.165) is 68.0 Å². The largest absolute Gasteiger partial charge is 0.506 e. The smallest absolute Gasteiger partial charge is 0.193 e. The molecule has 8 heteroatoms. The molecule has 1 aliphatic heterocycles.